The molecule has 0 aliphatic heterocycles. The van der Waals surface area contributed by atoms with Gasteiger partial charge in [-0.2, -0.15) is 5.10 Å². The number of hydrogen-bond donors (Lipinski definition) is 1. The lowest BCUT2D eigenvalue weighted by atomic mass is 9.75. The van der Waals surface area contributed by atoms with Crippen LogP contribution in [0.15, 0.2) is 12.7 Å². The number of carbonyl (C=O) groups excluding carboxylic acids is 1. The van der Waals surface area contributed by atoms with Crippen molar-refractivity contribution in [2.75, 3.05) is 0 Å². The summed E-state index contributed by atoms with van der Waals surface area (Å²) in [6.07, 6.45) is 8.80. The van der Waals surface area contributed by atoms with Crippen molar-refractivity contribution < 1.29 is 4.79 Å². The van der Waals surface area contributed by atoms with Gasteiger partial charge in [-0.3, -0.25) is 9.48 Å². The van der Waals surface area contributed by atoms with Gasteiger partial charge >= 0.3 is 0 Å². The fourth-order valence-corrected chi connectivity index (χ4v) is 2.61. The Labute approximate surface area is 108 Å². The van der Waals surface area contributed by atoms with Crippen molar-refractivity contribution in [3.63, 3.8) is 0 Å². The Hall–Kier alpha value is -1.39. The standard InChI is InChI=1S/C13H22N4O/c1-11(8-17-10-14-9-15-17)16-12(18)13(2)6-4-3-5-7-13/h9-11H,3-8H2,1-2H3,(H,16,18)/t11-/m0/s1. The lowest BCUT2D eigenvalue weighted by molar-refractivity contribution is -0.132. The summed E-state index contributed by atoms with van der Waals surface area (Å²) in [5.74, 6) is 0.190. The maximum atomic E-state index is 12.3. The molecule has 0 bridgehead atoms. The van der Waals surface area contributed by atoms with Crippen LogP contribution >= 0.6 is 0 Å². The van der Waals surface area contributed by atoms with Crippen LogP contribution in [-0.4, -0.2) is 26.7 Å². The quantitative estimate of drug-likeness (QED) is 0.885. The predicted octanol–water partition coefficient (Wildman–Crippen LogP) is 1.75. The van der Waals surface area contributed by atoms with Crippen molar-refractivity contribution in [1.29, 1.82) is 0 Å². The molecular formula is C13H22N4O. The first-order valence-electron chi connectivity index (χ1n) is 6.73. The molecule has 0 aromatic carbocycles. The van der Waals surface area contributed by atoms with Crippen LogP contribution in [0, 0.1) is 5.41 Å². The van der Waals surface area contributed by atoms with Crippen LogP contribution in [0.3, 0.4) is 0 Å². The van der Waals surface area contributed by atoms with Crippen LogP contribution in [0.25, 0.3) is 0 Å². The van der Waals surface area contributed by atoms with Crippen LogP contribution in [-0.2, 0) is 11.3 Å². The molecule has 1 heterocycles. The monoisotopic (exact) mass is 250 g/mol. The molecule has 1 atom stereocenters. The second-order valence-electron chi connectivity index (χ2n) is 5.61. The van der Waals surface area contributed by atoms with E-state index in [2.05, 4.69) is 22.3 Å². The van der Waals surface area contributed by atoms with E-state index in [0.717, 1.165) is 12.8 Å². The number of hydrogen-bond acceptors (Lipinski definition) is 3. The van der Waals surface area contributed by atoms with E-state index in [1.54, 1.807) is 11.0 Å². The Morgan fingerprint density at radius 1 is 1.44 bits per heavy atom. The second kappa shape index (κ2) is 5.50. The highest BCUT2D eigenvalue weighted by Gasteiger charge is 2.34. The molecule has 100 valence electrons. The molecule has 5 heteroatoms. The Morgan fingerprint density at radius 3 is 2.78 bits per heavy atom. The summed E-state index contributed by atoms with van der Waals surface area (Å²) in [6, 6.07) is 0.0814. The fraction of sp³-hybridized carbons (Fsp3) is 0.769. The smallest absolute Gasteiger partial charge is 0.226 e. The highest BCUT2D eigenvalue weighted by molar-refractivity contribution is 5.82. The van der Waals surface area contributed by atoms with Gasteiger partial charge in [0.25, 0.3) is 0 Å². The van der Waals surface area contributed by atoms with E-state index in [-0.39, 0.29) is 17.4 Å². The van der Waals surface area contributed by atoms with Crippen molar-refractivity contribution in [1.82, 2.24) is 20.1 Å². The molecule has 0 spiro atoms. The zero-order valence-electron chi connectivity index (χ0n) is 11.2. The summed E-state index contributed by atoms with van der Waals surface area (Å²) in [4.78, 5) is 16.2. The molecule has 1 fully saturated rings. The predicted molar refractivity (Wildman–Crippen MR) is 68.8 cm³/mol. The Bertz CT molecular complexity index is 382. The topological polar surface area (TPSA) is 59.8 Å². The van der Waals surface area contributed by atoms with Crippen LogP contribution < -0.4 is 5.32 Å². The summed E-state index contributed by atoms with van der Waals surface area (Å²) in [5, 5.41) is 7.15. The summed E-state index contributed by atoms with van der Waals surface area (Å²) in [7, 11) is 0. The van der Waals surface area contributed by atoms with Crippen LogP contribution in [0.1, 0.15) is 46.0 Å². The molecule has 1 aliphatic rings. The lowest BCUT2D eigenvalue weighted by Crippen LogP contribution is -2.45. The van der Waals surface area contributed by atoms with Crippen LogP contribution in [0.5, 0.6) is 0 Å². The zero-order valence-corrected chi connectivity index (χ0v) is 11.2. The molecule has 1 amide bonds. The number of carbonyl (C=O) groups is 1. The number of nitrogens with one attached hydrogen (secondary N) is 1. The Morgan fingerprint density at radius 2 is 2.17 bits per heavy atom. The number of rotatable bonds is 4. The number of nitrogens with zero attached hydrogens (tertiary/aromatic N) is 3. The minimum absolute atomic E-state index is 0.0814. The van der Waals surface area contributed by atoms with Gasteiger partial charge in [-0.1, -0.05) is 26.2 Å². The van der Waals surface area contributed by atoms with Crippen molar-refractivity contribution in [2.45, 2.75) is 58.5 Å². The maximum Gasteiger partial charge on any atom is 0.226 e. The molecule has 0 radical (unpaired) electrons. The van der Waals surface area contributed by atoms with Gasteiger partial charge in [0.2, 0.25) is 5.91 Å². The van der Waals surface area contributed by atoms with E-state index in [1.165, 1.54) is 25.6 Å². The first-order chi connectivity index (χ1) is 8.60. The third kappa shape index (κ3) is 3.09. The maximum absolute atomic E-state index is 12.3. The minimum Gasteiger partial charge on any atom is -0.351 e. The molecule has 5 nitrogen and oxygen atoms in total. The molecule has 1 aliphatic carbocycles. The number of amides is 1. The van der Waals surface area contributed by atoms with Crippen molar-refractivity contribution in [3.8, 4) is 0 Å². The normalized spacial score (nSPS) is 20.3. The zero-order chi connectivity index (χ0) is 13.0. The molecule has 1 aromatic heterocycles. The Kier molecular flexibility index (Phi) is 3.99. The van der Waals surface area contributed by atoms with Gasteiger partial charge in [-0.05, 0) is 19.8 Å². The summed E-state index contributed by atoms with van der Waals surface area (Å²) in [5.41, 5.74) is -0.172. The van der Waals surface area contributed by atoms with Gasteiger partial charge in [0.1, 0.15) is 12.7 Å². The van der Waals surface area contributed by atoms with E-state index in [9.17, 15) is 4.79 Å². The third-order valence-corrected chi connectivity index (χ3v) is 3.81. The fourth-order valence-electron chi connectivity index (χ4n) is 2.61. The highest BCUT2D eigenvalue weighted by Crippen LogP contribution is 2.35. The van der Waals surface area contributed by atoms with E-state index in [4.69, 9.17) is 0 Å². The molecule has 2 rings (SSSR count). The average Bonchev–Trinajstić information content (AvgIpc) is 2.82. The lowest BCUT2D eigenvalue weighted by Gasteiger charge is -2.33. The summed E-state index contributed by atoms with van der Waals surface area (Å²) < 4.78 is 1.74. The summed E-state index contributed by atoms with van der Waals surface area (Å²) in [6.45, 7) is 4.76. The summed E-state index contributed by atoms with van der Waals surface area (Å²) >= 11 is 0. The first-order valence-corrected chi connectivity index (χ1v) is 6.73. The van der Waals surface area contributed by atoms with Crippen LogP contribution in [0.4, 0.5) is 0 Å². The van der Waals surface area contributed by atoms with Gasteiger partial charge in [0, 0.05) is 11.5 Å². The van der Waals surface area contributed by atoms with E-state index < -0.39 is 0 Å². The van der Waals surface area contributed by atoms with E-state index in [1.807, 2.05) is 6.92 Å². The average molecular weight is 250 g/mol. The van der Waals surface area contributed by atoms with Gasteiger partial charge in [0.05, 0.1) is 6.54 Å². The van der Waals surface area contributed by atoms with Crippen molar-refractivity contribution in [3.05, 3.63) is 12.7 Å². The molecule has 0 unspecified atom stereocenters. The number of aromatic nitrogens is 3. The molecule has 1 N–H and O–H groups in total. The SMILES string of the molecule is C[C@@H](Cn1cncn1)NC(=O)C1(C)CCCCC1. The second-order valence-corrected chi connectivity index (χ2v) is 5.61. The highest BCUT2D eigenvalue weighted by atomic mass is 16.2. The van der Waals surface area contributed by atoms with Gasteiger partial charge < -0.3 is 5.32 Å². The Balaban J connectivity index is 1.86. The van der Waals surface area contributed by atoms with Crippen molar-refractivity contribution >= 4 is 5.91 Å². The van der Waals surface area contributed by atoms with Crippen molar-refractivity contribution in [2.24, 2.45) is 5.41 Å². The largest absolute Gasteiger partial charge is 0.351 e. The van der Waals surface area contributed by atoms with Gasteiger partial charge in [0.15, 0.2) is 0 Å². The van der Waals surface area contributed by atoms with Crippen LogP contribution in [0.2, 0.25) is 0 Å². The molecule has 0 saturated heterocycles. The molecule has 1 saturated carbocycles. The van der Waals surface area contributed by atoms with E-state index in [0.29, 0.717) is 6.54 Å². The molecular weight excluding hydrogens is 228 g/mol. The van der Waals surface area contributed by atoms with Gasteiger partial charge in [-0.15, -0.1) is 0 Å². The molecule has 1 aromatic rings. The first kappa shape index (κ1) is 13.1. The van der Waals surface area contributed by atoms with Gasteiger partial charge in [-0.25, -0.2) is 4.98 Å². The minimum atomic E-state index is -0.172. The third-order valence-electron chi connectivity index (χ3n) is 3.81. The van der Waals surface area contributed by atoms with E-state index >= 15 is 0 Å². The molecule has 18 heavy (non-hydrogen) atoms.